The molecule has 2 aromatic carbocycles. The lowest BCUT2D eigenvalue weighted by Crippen LogP contribution is -2.29. The minimum Gasteiger partial charge on any atom is -0.506 e. The zero-order valence-corrected chi connectivity index (χ0v) is 22.3. The molecule has 3 heterocycles. The molecule has 0 bridgehead atoms. The number of hydrogen-bond donors (Lipinski definition) is 2. The molecule has 11 heteroatoms. The number of aromatic nitrogens is 2. The molecule has 2 atom stereocenters. The molecule has 0 unspecified atom stereocenters. The van der Waals surface area contributed by atoms with Crippen LogP contribution in [0.1, 0.15) is 34.7 Å². The minimum atomic E-state index is -0.453. The van der Waals surface area contributed by atoms with Crippen LogP contribution in [0.2, 0.25) is 5.02 Å². The van der Waals surface area contributed by atoms with Crippen molar-refractivity contribution in [1.82, 2.24) is 14.9 Å². The van der Waals surface area contributed by atoms with Crippen molar-refractivity contribution in [3.8, 4) is 17.2 Å². The summed E-state index contributed by atoms with van der Waals surface area (Å²) < 4.78 is 7.53. The van der Waals surface area contributed by atoms with Crippen LogP contribution in [0.3, 0.4) is 0 Å². The predicted octanol–water partition coefficient (Wildman–Crippen LogP) is 5.94. The van der Waals surface area contributed by atoms with Crippen LogP contribution in [-0.4, -0.2) is 31.8 Å². The van der Waals surface area contributed by atoms with Crippen LogP contribution in [0.15, 0.2) is 66.9 Å². The molecule has 9 nitrogen and oxygen atoms in total. The van der Waals surface area contributed by atoms with Gasteiger partial charge in [-0.25, -0.2) is 0 Å². The van der Waals surface area contributed by atoms with E-state index in [2.05, 4.69) is 10.3 Å². The Kier molecular flexibility index (Phi) is 6.68. The molecule has 0 amide bonds. The third-order valence-corrected chi connectivity index (χ3v) is 7.25. The van der Waals surface area contributed by atoms with E-state index >= 15 is 0 Å². The highest BCUT2D eigenvalue weighted by Gasteiger charge is 2.43. The van der Waals surface area contributed by atoms with Gasteiger partial charge < -0.3 is 24.6 Å². The number of nitro groups is 1. The van der Waals surface area contributed by atoms with Gasteiger partial charge in [0.05, 0.1) is 47.3 Å². The molecule has 2 N–H and O–H groups in total. The van der Waals surface area contributed by atoms with Crippen LogP contribution in [0, 0.1) is 24.0 Å². The summed E-state index contributed by atoms with van der Waals surface area (Å²) in [5, 5.41) is 26.4. The predicted molar refractivity (Wildman–Crippen MR) is 149 cm³/mol. The lowest BCUT2D eigenvalue weighted by Gasteiger charge is -2.29. The van der Waals surface area contributed by atoms with E-state index in [1.807, 2.05) is 47.6 Å². The molecule has 1 saturated heterocycles. The third-order valence-electron chi connectivity index (χ3n) is 6.70. The molecule has 0 radical (unpaired) electrons. The average Bonchev–Trinajstić information content (AvgIpc) is 3.40. The van der Waals surface area contributed by atoms with Crippen molar-refractivity contribution < 1.29 is 14.8 Å². The maximum atomic E-state index is 11.3. The Morgan fingerprint density at radius 1 is 1.13 bits per heavy atom. The normalized spacial score (nSPS) is 16.9. The molecule has 1 aliphatic heterocycles. The zero-order valence-electron chi connectivity index (χ0n) is 20.8. The van der Waals surface area contributed by atoms with Gasteiger partial charge in [-0.05, 0) is 74.1 Å². The van der Waals surface area contributed by atoms with E-state index in [0.717, 1.165) is 22.6 Å². The molecule has 4 aromatic rings. The molecule has 0 spiro atoms. The van der Waals surface area contributed by atoms with Crippen LogP contribution in [-0.2, 0) is 0 Å². The zero-order chi connectivity index (χ0) is 27.1. The lowest BCUT2D eigenvalue weighted by molar-refractivity contribution is -0.384. The Morgan fingerprint density at radius 2 is 1.92 bits per heavy atom. The quantitative estimate of drug-likeness (QED) is 0.173. The summed E-state index contributed by atoms with van der Waals surface area (Å²) in [5.74, 6) is 0.411. The number of halogens is 1. The molecule has 194 valence electrons. The first-order valence-electron chi connectivity index (χ1n) is 11.7. The van der Waals surface area contributed by atoms with Crippen molar-refractivity contribution >= 4 is 40.3 Å². The topological polar surface area (TPSA) is 106 Å². The van der Waals surface area contributed by atoms with Crippen molar-refractivity contribution in [3.63, 3.8) is 0 Å². The molecule has 1 fully saturated rings. The minimum absolute atomic E-state index is 0.0380. The number of nitrogens with one attached hydrogen (secondary N) is 1. The number of aryl methyl sites for hydroxylation is 1. The fraction of sp³-hybridized carbons (Fsp3) is 0.185. The summed E-state index contributed by atoms with van der Waals surface area (Å²) in [7, 11) is 1.48. The van der Waals surface area contributed by atoms with Crippen LogP contribution in [0.25, 0.3) is 5.69 Å². The van der Waals surface area contributed by atoms with Gasteiger partial charge in [-0.1, -0.05) is 17.7 Å². The van der Waals surface area contributed by atoms with Crippen molar-refractivity contribution in [2.24, 2.45) is 0 Å². The number of pyridine rings is 1. The first-order valence-corrected chi connectivity index (χ1v) is 12.5. The van der Waals surface area contributed by atoms with Gasteiger partial charge in [0.1, 0.15) is 11.5 Å². The summed E-state index contributed by atoms with van der Waals surface area (Å²) in [6.07, 6.45) is 1.72. The maximum Gasteiger partial charge on any atom is 0.273 e. The number of non-ortho nitro benzene ring substituents is 1. The number of benzene rings is 2. The smallest absolute Gasteiger partial charge is 0.273 e. The van der Waals surface area contributed by atoms with Gasteiger partial charge in [0.15, 0.2) is 5.11 Å². The number of hydrogen-bond acceptors (Lipinski definition) is 6. The Hall–Kier alpha value is -4.15. The Bertz CT molecular complexity index is 1560. The monoisotopic (exact) mass is 549 g/mol. The summed E-state index contributed by atoms with van der Waals surface area (Å²) in [6, 6.07) is 16.4. The van der Waals surface area contributed by atoms with Crippen molar-refractivity contribution in [3.05, 3.63) is 105 Å². The van der Waals surface area contributed by atoms with E-state index in [9.17, 15) is 15.2 Å². The second-order valence-electron chi connectivity index (χ2n) is 8.90. The summed E-state index contributed by atoms with van der Waals surface area (Å²) >= 11 is 12.1. The molecule has 0 saturated carbocycles. The first-order chi connectivity index (χ1) is 18.2. The van der Waals surface area contributed by atoms with Crippen molar-refractivity contribution in [2.75, 3.05) is 12.0 Å². The number of aromatic hydroxyl groups is 1. The highest BCUT2D eigenvalue weighted by molar-refractivity contribution is 7.80. The number of rotatable bonds is 6. The summed E-state index contributed by atoms with van der Waals surface area (Å²) in [5.41, 5.74) is 4.54. The number of methoxy groups -OCH3 is 1. The van der Waals surface area contributed by atoms with Gasteiger partial charge in [0, 0.05) is 28.7 Å². The van der Waals surface area contributed by atoms with E-state index in [4.69, 9.17) is 28.6 Å². The summed E-state index contributed by atoms with van der Waals surface area (Å²) in [6.45, 7) is 3.92. The van der Waals surface area contributed by atoms with Gasteiger partial charge in [-0.3, -0.25) is 15.1 Å². The Labute approximate surface area is 229 Å². The molecule has 38 heavy (non-hydrogen) atoms. The van der Waals surface area contributed by atoms with Gasteiger partial charge in [0.2, 0.25) is 0 Å². The van der Waals surface area contributed by atoms with E-state index in [-0.39, 0.29) is 17.5 Å². The van der Waals surface area contributed by atoms with E-state index in [1.165, 1.54) is 25.3 Å². The van der Waals surface area contributed by atoms with E-state index in [0.29, 0.717) is 27.3 Å². The maximum absolute atomic E-state index is 11.3. The van der Waals surface area contributed by atoms with Gasteiger partial charge in [-0.2, -0.15) is 0 Å². The van der Waals surface area contributed by atoms with Crippen molar-refractivity contribution in [1.29, 1.82) is 0 Å². The van der Waals surface area contributed by atoms with E-state index in [1.54, 1.807) is 24.4 Å². The third kappa shape index (κ3) is 4.31. The fourth-order valence-electron chi connectivity index (χ4n) is 5.04. The molecule has 0 aliphatic carbocycles. The van der Waals surface area contributed by atoms with Crippen LogP contribution >= 0.6 is 23.8 Å². The molecular formula is C27H24ClN5O4S. The Balaban J connectivity index is 1.71. The second-order valence-corrected chi connectivity index (χ2v) is 9.73. The fourth-order valence-corrected chi connectivity index (χ4v) is 5.55. The number of phenolic OH excluding ortho intramolecular Hbond substituents is 1. The number of anilines is 1. The van der Waals surface area contributed by atoms with Crippen LogP contribution in [0.5, 0.6) is 11.5 Å². The van der Waals surface area contributed by atoms with Gasteiger partial charge in [-0.15, -0.1) is 0 Å². The highest BCUT2D eigenvalue weighted by atomic mass is 35.5. The largest absolute Gasteiger partial charge is 0.506 e. The standard InChI is InChI=1S/C27H24ClN5O4S/c1-15-12-19(16(2)31(15)21-9-8-18(33(35)36)14-24(21)37-3)26-25(20-6-4-5-11-29-20)30-27(38)32(26)22-13-17(28)7-10-23(22)34/h4-14,25-26,34H,1-3H3,(H,30,38)/t25-,26+/m1/s1. The lowest BCUT2D eigenvalue weighted by atomic mass is 9.96. The second kappa shape index (κ2) is 9.96. The van der Waals surface area contributed by atoms with Crippen molar-refractivity contribution in [2.45, 2.75) is 25.9 Å². The molecule has 1 aliphatic rings. The Morgan fingerprint density at radius 3 is 2.61 bits per heavy atom. The van der Waals surface area contributed by atoms with E-state index < -0.39 is 11.0 Å². The number of thiocarbonyl (C=S) groups is 1. The van der Waals surface area contributed by atoms with Gasteiger partial charge >= 0.3 is 0 Å². The molecule has 5 rings (SSSR count). The van der Waals surface area contributed by atoms with Crippen LogP contribution in [0.4, 0.5) is 11.4 Å². The number of phenols is 1. The van der Waals surface area contributed by atoms with Gasteiger partial charge in [0.25, 0.3) is 5.69 Å². The number of nitro benzene ring substituents is 1. The number of nitrogens with zero attached hydrogens (tertiary/aromatic N) is 4. The number of ether oxygens (including phenoxy) is 1. The molecular weight excluding hydrogens is 526 g/mol. The summed E-state index contributed by atoms with van der Waals surface area (Å²) in [4.78, 5) is 17.3. The molecule has 2 aromatic heterocycles. The van der Waals surface area contributed by atoms with Crippen LogP contribution < -0.4 is 15.0 Å². The first kappa shape index (κ1) is 25.5. The highest BCUT2D eigenvalue weighted by Crippen LogP contribution is 2.47. The average molecular weight is 550 g/mol. The SMILES string of the molecule is COc1cc([N+](=O)[O-])ccc1-n1c(C)cc([C@H]2[C@@H](c3ccccn3)NC(=S)N2c2cc(Cl)ccc2O)c1C.